The third-order valence-electron chi connectivity index (χ3n) is 2.66. The molecule has 0 aliphatic rings. The second-order valence-corrected chi connectivity index (χ2v) is 3.84. The number of aryl methyl sites for hydroxylation is 1. The second-order valence-electron chi connectivity index (χ2n) is 3.84. The highest BCUT2D eigenvalue weighted by molar-refractivity contribution is 5.39. The maximum Gasteiger partial charge on any atom is 0.140 e. The van der Waals surface area contributed by atoms with Gasteiger partial charge in [0.15, 0.2) is 0 Å². The number of ether oxygens (including phenoxy) is 1. The van der Waals surface area contributed by atoms with Crippen LogP contribution in [-0.4, -0.2) is 11.7 Å². The maximum absolute atomic E-state index is 10.3. The molecular weight excluding hydrogens is 216 g/mol. The first-order valence-corrected chi connectivity index (χ1v) is 5.67. The van der Waals surface area contributed by atoms with Gasteiger partial charge in [-0.3, -0.25) is 0 Å². The van der Waals surface area contributed by atoms with Crippen molar-refractivity contribution in [1.82, 2.24) is 0 Å². The number of rotatable bonds is 4. The normalized spacial score (nSPS) is 12.4. The van der Waals surface area contributed by atoms with Crippen LogP contribution in [0.4, 0.5) is 0 Å². The van der Waals surface area contributed by atoms with Crippen molar-refractivity contribution in [2.45, 2.75) is 20.0 Å². The van der Waals surface area contributed by atoms with E-state index in [1.165, 1.54) is 0 Å². The molecule has 1 aromatic heterocycles. The summed E-state index contributed by atoms with van der Waals surface area (Å²) in [5, 5.41) is 10.3. The van der Waals surface area contributed by atoms with E-state index in [1.54, 1.807) is 6.26 Å². The Labute approximate surface area is 101 Å². The zero-order valence-electron chi connectivity index (χ0n) is 10.0. The van der Waals surface area contributed by atoms with E-state index in [9.17, 15) is 5.11 Å². The fourth-order valence-corrected chi connectivity index (χ4v) is 1.80. The number of aliphatic hydroxyl groups is 1. The molecule has 0 bridgehead atoms. The highest BCUT2D eigenvalue weighted by Crippen LogP contribution is 2.31. The zero-order chi connectivity index (χ0) is 12.3. The summed E-state index contributed by atoms with van der Waals surface area (Å²) < 4.78 is 10.8. The number of furan rings is 1. The van der Waals surface area contributed by atoms with Crippen LogP contribution in [0.5, 0.6) is 5.75 Å². The van der Waals surface area contributed by atoms with Crippen LogP contribution < -0.4 is 4.74 Å². The van der Waals surface area contributed by atoms with E-state index >= 15 is 0 Å². The SMILES string of the molecule is CCOc1ccccc1C(O)c1occc1C. The van der Waals surface area contributed by atoms with Gasteiger partial charge in [-0.1, -0.05) is 18.2 Å². The molecule has 0 amide bonds. The Morgan fingerprint density at radius 1 is 1.29 bits per heavy atom. The number of hydrogen-bond acceptors (Lipinski definition) is 3. The predicted octanol–water partition coefficient (Wildman–Crippen LogP) is 3.07. The smallest absolute Gasteiger partial charge is 0.140 e. The molecule has 3 heteroatoms. The second kappa shape index (κ2) is 5.06. The molecule has 1 aromatic carbocycles. The predicted molar refractivity (Wildman–Crippen MR) is 65.1 cm³/mol. The summed E-state index contributed by atoms with van der Waals surface area (Å²) in [5.74, 6) is 1.26. The molecule has 0 saturated heterocycles. The molecule has 90 valence electrons. The molecule has 2 rings (SSSR count). The van der Waals surface area contributed by atoms with E-state index in [1.807, 2.05) is 44.2 Å². The standard InChI is InChI=1S/C14H16O3/c1-3-16-12-7-5-4-6-11(12)13(15)14-10(2)8-9-17-14/h4-9,13,15H,3H2,1-2H3. The van der Waals surface area contributed by atoms with Gasteiger partial charge in [0.05, 0.1) is 12.9 Å². The minimum Gasteiger partial charge on any atom is -0.493 e. The molecule has 1 unspecified atom stereocenters. The topological polar surface area (TPSA) is 42.6 Å². The summed E-state index contributed by atoms with van der Waals surface area (Å²) in [6.45, 7) is 4.40. The maximum atomic E-state index is 10.3. The Morgan fingerprint density at radius 3 is 2.71 bits per heavy atom. The molecule has 0 aliphatic heterocycles. The van der Waals surface area contributed by atoms with E-state index in [0.29, 0.717) is 18.1 Å². The van der Waals surface area contributed by atoms with E-state index in [4.69, 9.17) is 9.15 Å². The molecule has 1 atom stereocenters. The van der Waals surface area contributed by atoms with Crippen molar-refractivity contribution in [1.29, 1.82) is 0 Å². The largest absolute Gasteiger partial charge is 0.493 e. The Hall–Kier alpha value is -1.74. The number of para-hydroxylation sites is 1. The van der Waals surface area contributed by atoms with Crippen molar-refractivity contribution in [3.8, 4) is 5.75 Å². The van der Waals surface area contributed by atoms with Crippen LogP contribution in [0.15, 0.2) is 41.0 Å². The van der Waals surface area contributed by atoms with Crippen molar-refractivity contribution in [3.05, 3.63) is 53.5 Å². The molecule has 0 saturated carbocycles. The van der Waals surface area contributed by atoms with Gasteiger partial charge in [0.1, 0.15) is 17.6 Å². The Bertz CT molecular complexity index is 488. The van der Waals surface area contributed by atoms with Crippen molar-refractivity contribution >= 4 is 0 Å². The molecule has 3 nitrogen and oxygen atoms in total. The summed E-state index contributed by atoms with van der Waals surface area (Å²) in [6, 6.07) is 9.29. The van der Waals surface area contributed by atoms with E-state index in [0.717, 1.165) is 11.1 Å². The van der Waals surface area contributed by atoms with E-state index in [2.05, 4.69) is 0 Å². The van der Waals surface area contributed by atoms with Crippen LogP contribution in [0, 0.1) is 6.92 Å². The number of benzene rings is 1. The lowest BCUT2D eigenvalue weighted by Crippen LogP contribution is -2.04. The molecule has 0 spiro atoms. The van der Waals surface area contributed by atoms with Crippen molar-refractivity contribution < 1.29 is 14.3 Å². The van der Waals surface area contributed by atoms with Gasteiger partial charge in [-0.05, 0) is 31.5 Å². The van der Waals surface area contributed by atoms with Crippen LogP contribution in [-0.2, 0) is 0 Å². The molecule has 1 N–H and O–H groups in total. The van der Waals surface area contributed by atoms with Crippen LogP contribution in [0.1, 0.15) is 29.9 Å². The van der Waals surface area contributed by atoms with Crippen molar-refractivity contribution in [2.75, 3.05) is 6.61 Å². The van der Waals surface area contributed by atoms with Crippen molar-refractivity contribution in [2.24, 2.45) is 0 Å². The molecule has 0 radical (unpaired) electrons. The minimum absolute atomic E-state index is 0.567. The van der Waals surface area contributed by atoms with E-state index in [-0.39, 0.29) is 0 Å². The van der Waals surface area contributed by atoms with Gasteiger partial charge >= 0.3 is 0 Å². The molecule has 0 aliphatic carbocycles. The molecule has 17 heavy (non-hydrogen) atoms. The number of aliphatic hydroxyl groups excluding tert-OH is 1. The first kappa shape index (κ1) is 11.7. The monoisotopic (exact) mass is 232 g/mol. The van der Waals surface area contributed by atoms with Crippen LogP contribution in [0.25, 0.3) is 0 Å². The van der Waals surface area contributed by atoms with Gasteiger partial charge in [-0.15, -0.1) is 0 Å². The number of hydrogen-bond donors (Lipinski definition) is 1. The summed E-state index contributed by atoms with van der Waals surface area (Å²) in [7, 11) is 0. The highest BCUT2D eigenvalue weighted by atomic mass is 16.5. The lowest BCUT2D eigenvalue weighted by molar-refractivity contribution is 0.182. The van der Waals surface area contributed by atoms with Gasteiger partial charge in [0, 0.05) is 5.56 Å². The van der Waals surface area contributed by atoms with E-state index < -0.39 is 6.10 Å². The molecule has 0 fully saturated rings. The van der Waals surface area contributed by atoms with Crippen molar-refractivity contribution in [3.63, 3.8) is 0 Å². The molecule has 2 aromatic rings. The fraction of sp³-hybridized carbons (Fsp3) is 0.286. The molecule has 1 heterocycles. The van der Waals surface area contributed by atoms with Gasteiger partial charge in [-0.25, -0.2) is 0 Å². The Kier molecular flexibility index (Phi) is 3.49. The first-order valence-electron chi connectivity index (χ1n) is 5.67. The average molecular weight is 232 g/mol. The van der Waals surface area contributed by atoms with Crippen LogP contribution in [0.3, 0.4) is 0 Å². The van der Waals surface area contributed by atoms with Gasteiger partial charge in [-0.2, -0.15) is 0 Å². The van der Waals surface area contributed by atoms with Gasteiger partial charge < -0.3 is 14.3 Å². The quantitative estimate of drug-likeness (QED) is 0.880. The Balaban J connectivity index is 2.37. The van der Waals surface area contributed by atoms with Crippen LogP contribution in [0.2, 0.25) is 0 Å². The fourth-order valence-electron chi connectivity index (χ4n) is 1.80. The van der Waals surface area contributed by atoms with Crippen LogP contribution >= 0.6 is 0 Å². The first-order chi connectivity index (χ1) is 8.24. The zero-order valence-corrected chi connectivity index (χ0v) is 10.0. The summed E-state index contributed by atoms with van der Waals surface area (Å²) in [5.41, 5.74) is 1.66. The third kappa shape index (κ3) is 2.34. The lowest BCUT2D eigenvalue weighted by atomic mass is 10.0. The Morgan fingerprint density at radius 2 is 2.06 bits per heavy atom. The summed E-state index contributed by atoms with van der Waals surface area (Å²) in [4.78, 5) is 0. The molecular formula is C14H16O3. The van der Waals surface area contributed by atoms with Gasteiger partial charge in [0.25, 0.3) is 0 Å². The highest BCUT2D eigenvalue weighted by Gasteiger charge is 2.19. The third-order valence-corrected chi connectivity index (χ3v) is 2.66. The lowest BCUT2D eigenvalue weighted by Gasteiger charge is -2.14. The average Bonchev–Trinajstić information content (AvgIpc) is 2.76. The summed E-state index contributed by atoms with van der Waals surface area (Å²) >= 11 is 0. The summed E-state index contributed by atoms with van der Waals surface area (Å²) in [6.07, 6.45) is 0.796. The minimum atomic E-state index is -0.784. The van der Waals surface area contributed by atoms with Gasteiger partial charge in [0.2, 0.25) is 0 Å².